The summed E-state index contributed by atoms with van der Waals surface area (Å²) in [5.41, 5.74) is 15.0. The topological polar surface area (TPSA) is 106 Å². The Bertz CT molecular complexity index is 1130. The van der Waals surface area contributed by atoms with E-state index in [2.05, 4.69) is 9.98 Å². The number of guanidine groups is 2. The molecule has 0 saturated heterocycles. The van der Waals surface area contributed by atoms with Crippen LogP contribution < -0.4 is 16.4 Å². The number of halogens is 1. The van der Waals surface area contributed by atoms with Crippen molar-refractivity contribution in [3.05, 3.63) is 47.5 Å². The lowest BCUT2D eigenvalue weighted by Crippen LogP contribution is -2.58. The highest BCUT2D eigenvalue weighted by atomic mass is 35.5. The van der Waals surface area contributed by atoms with Crippen molar-refractivity contribution in [2.75, 3.05) is 4.90 Å². The second kappa shape index (κ2) is 6.77. The first-order valence-electron chi connectivity index (χ1n) is 9.70. The van der Waals surface area contributed by atoms with Crippen molar-refractivity contribution < 1.29 is 4.42 Å². The SMILES string of the molecule is NC1=NC2(CCCCC2)N(c2ccc3oc(-c4ccc(Cl)cc4)nc3c2)C(N)=N1. The van der Waals surface area contributed by atoms with Crippen LogP contribution in [0, 0.1) is 0 Å². The molecule has 2 aliphatic rings. The van der Waals surface area contributed by atoms with Gasteiger partial charge >= 0.3 is 0 Å². The third-order valence-electron chi connectivity index (χ3n) is 5.57. The molecule has 1 aliphatic carbocycles. The Balaban J connectivity index is 1.57. The maximum atomic E-state index is 6.32. The molecule has 0 bridgehead atoms. The Hall–Kier alpha value is -3.06. The molecule has 3 aromatic rings. The third-order valence-corrected chi connectivity index (χ3v) is 5.82. The van der Waals surface area contributed by atoms with Gasteiger partial charge in [0, 0.05) is 16.3 Å². The highest BCUT2D eigenvalue weighted by molar-refractivity contribution is 6.30. The number of hydrogen-bond acceptors (Lipinski definition) is 7. The van der Waals surface area contributed by atoms with Gasteiger partial charge in [0.25, 0.3) is 0 Å². The average Bonchev–Trinajstić information content (AvgIpc) is 3.12. The Morgan fingerprint density at radius 3 is 2.52 bits per heavy atom. The quantitative estimate of drug-likeness (QED) is 0.658. The van der Waals surface area contributed by atoms with Crippen LogP contribution in [0.25, 0.3) is 22.6 Å². The van der Waals surface area contributed by atoms with E-state index in [1.165, 1.54) is 6.42 Å². The van der Waals surface area contributed by atoms with Crippen LogP contribution in [0.2, 0.25) is 5.02 Å². The van der Waals surface area contributed by atoms with Crippen LogP contribution in [-0.2, 0) is 0 Å². The standard InChI is InChI=1S/C21H21ClN6O/c22-14-6-4-13(5-7-14)18-25-16-12-15(8-9-17(16)29-18)28-20(24)26-19(23)27-21(28)10-2-1-3-11-21/h4-9,12H,1-3,10-11H2,(H4,23,24,26,27). The minimum atomic E-state index is -0.482. The van der Waals surface area contributed by atoms with E-state index in [1.54, 1.807) is 0 Å². The lowest BCUT2D eigenvalue weighted by atomic mass is 9.87. The Morgan fingerprint density at radius 1 is 1.00 bits per heavy atom. The molecule has 8 heteroatoms. The number of rotatable bonds is 2. The van der Waals surface area contributed by atoms with Crippen molar-refractivity contribution >= 4 is 40.3 Å². The number of nitrogens with zero attached hydrogens (tertiary/aromatic N) is 4. The van der Waals surface area contributed by atoms with E-state index < -0.39 is 5.66 Å². The van der Waals surface area contributed by atoms with E-state index in [4.69, 9.17) is 32.5 Å². The predicted molar refractivity (Wildman–Crippen MR) is 116 cm³/mol. The maximum absolute atomic E-state index is 6.32. The van der Waals surface area contributed by atoms with E-state index in [9.17, 15) is 0 Å². The van der Waals surface area contributed by atoms with E-state index >= 15 is 0 Å². The molecule has 1 spiro atoms. The zero-order valence-corrected chi connectivity index (χ0v) is 16.6. The first-order chi connectivity index (χ1) is 14.0. The molecule has 4 N–H and O–H groups in total. The monoisotopic (exact) mass is 408 g/mol. The number of hydrogen-bond donors (Lipinski definition) is 2. The summed E-state index contributed by atoms with van der Waals surface area (Å²) < 4.78 is 5.94. The van der Waals surface area contributed by atoms with Crippen LogP contribution >= 0.6 is 11.6 Å². The molecule has 148 valence electrons. The highest BCUT2D eigenvalue weighted by Crippen LogP contribution is 2.40. The van der Waals surface area contributed by atoms with Crippen molar-refractivity contribution in [3.63, 3.8) is 0 Å². The van der Waals surface area contributed by atoms with E-state index in [1.807, 2.05) is 47.4 Å². The van der Waals surface area contributed by atoms with Gasteiger partial charge in [-0.2, -0.15) is 4.99 Å². The average molecular weight is 409 g/mol. The fraction of sp³-hybridized carbons (Fsp3) is 0.286. The van der Waals surface area contributed by atoms with E-state index in [0.717, 1.165) is 42.5 Å². The minimum absolute atomic E-state index is 0.244. The summed E-state index contributed by atoms with van der Waals surface area (Å²) in [6.45, 7) is 0. The van der Waals surface area contributed by atoms with Crippen LogP contribution in [0.1, 0.15) is 32.1 Å². The van der Waals surface area contributed by atoms with Crippen LogP contribution in [0.4, 0.5) is 5.69 Å². The van der Waals surface area contributed by atoms with Gasteiger partial charge in [-0.3, -0.25) is 4.90 Å². The van der Waals surface area contributed by atoms with Crippen LogP contribution in [0.3, 0.4) is 0 Å². The number of aromatic nitrogens is 1. The number of anilines is 1. The molecular weight excluding hydrogens is 388 g/mol. The molecular formula is C21H21ClN6O. The van der Waals surface area contributed by atoms with Gasteiger partial charge in [0.2, 0.25) is 17.8 Å². The fourth-order valence-electron chi connectivity index (χ4n) is 4.27. The smallest absolute Gasteiger partial charge is 0.227 e. The summed E-state index contributed by atoms with van der Waals surface area (Å²) in [4.78, 5) is 15.6. The Labute approximate surface area is 173 Å². The normalized spacial score (nSPS) is 18.7. The first-order valence-corrected chi connectivity index (χ1v) is 10.1. The lowest BCUT2D eigenvalue weighted by Gasteiger charge is -2.45. The highest BCUT2D eigenvalue weighted by Gasteiger charge is 2.42. The molecule has 1 aromatic heterocycles. The summed E-state index contributed by atoms with van der Waals surface area (Å²) in [6, 6.07) is 13.2. The molecule has 0 radical (unpaired) electrons. The molecule has 0 amide bonds. The third kappa shape index (κ3) is 3.11. The summed E-state index contributed by atoms with van der Waals surface area (Å²) in [6.07, 6.45) is 5.11. The molecule has 1 aliphatic heterocycles. The van der Waals surface area contributed by atoms with Crippen LogP contribution in [0.15, 0.2) is 56.9 Å². The molecule has 2 heterocycles. The van der Waals surface area contributed by atoms with Crippen molar-refractivity contribution in [2.45, 2.75) is 37.8 Å². The zero-order valence-electron chi connectivity index (χ0n) is 15.8. The number of benzene rings is 2. The van der Waals surface area contributed by atoms with Gasteiger partial charge in [-0.25, -0.2) is 9.98 Å². The van der Waals surface area contributed by atoms with Gasteiger partial charge in [0.15, 0.2) is 5.58 Å². The maximum Gasteiger partial charge on any atom is 0.227 e. The minimum Gasteiger partial charge on any atom is -0.436 e. The van der Waals surface area contributed by atoms with Crippen LogP contribution in [-0.4, -0.2) is 22.6 Å². The van der Waals surface area contributed by atoms with Crippen molar-refractivity contribution in [3.8, 4) is 11.5 Å². The Kier molecular flexibility index (Phi) is 4.20. The lowest BCUT2D eigenvalue weighted by molar-refractivity contribution is 0.305. The summed E-state index contributed by atoms with van der Waals surface area (Å²) >= 11 is 5.98. The molecule has 0 atom stereocenters. The van der Waals surface area contributed by atoms with Gasteiger partial charge in [-0.15, -0.1) is 0 Å². The molecule has 1 saturated carbocycles. The molecule has 0 unspecified atom stereocenters. The van der Waals surface area contributed by atoms with Crippen molar-refractivity contribution in [1.82, 2.24) is 4.98 Å². The van der Waals surface area contributed by atoms with Gasteiger partial charge in [-0.1, -0.05) is 18.0 Å². The number of aliphatic imine (C=N–C) groups is 2. The van der Waals surface area contributed by atoms with Gasteiger partial charge in [0.05, 0.1) is 0 Å². The van der Waals surface area contributed by atoms with Gasteiger partial charge < -0.3 is 15.9 Å². The van der Waals surface area contributed by atoms with Gasteiger partial charge in [-0.05, 0) is 68.1 Å². The second-order valence-corrected chi connectivity index (χ2v) is 7.93. The number of oxazole rings is 1. The predicted octanol–water partition coefficient (Wildman–Crippen LogP) is 4.26. The summed E-state index contributed by atoms with van der Waals surface area (Å²) in [5.74, 6) is 1.15. The molecule has 5 rings (SSSR count). The molecule has 29 heavy (non-hydrogen) atoms. The van der Waals surface area contributed by atoms with Gasteiger partial charge in [0.1, 0.15) is 11.2 Å². The summed E-state index contributed by atoms with van der Waals surface area (Å²) in [5, 5.41) is 0.671. The fourth-order valence-corrected chi connectivity index (χ4v) is 4.39. The van der Waals surface area contributed by atoms with Crippen molar-refractivity contribution in [2.24, 2.45) is 21.5 Å². The second-order valence-electron chi connectivity index (χ2n) is 7.50. The van der Waals surface area contributed by atoms with E-state index in [0.29, 0.717) is 22.5 Å². The first kappa shape index (κ1) is 18.0. The number of nitrogens with two attached hydrogens (primary N) is 2. The van der Waals surface area contributed by atoms with Crippen molar-refractivity contribution in [1.29, 1.82) is 0 Å². The van der Waals surface area contributed by atoms with E-state index in [-0.39, 0.29) is 5.96 Å². The molecule has 2 aromatic carbocycles. The molecule has 1 fully saturated rings. The molecule has 7 nitrogen and oxygen atoms in total. The summed E-state index contributed by atoms with van der Waals surface area (Å²) in [7, 11) is 0. The zero-order chi connectivity index (χ0) is 20.0. The number of fused-ring (bicyclic) bond motifs is 1. The van der Waals surface area contributed by atoms with Crippen LogP contribution in [0.5, 0.6) is 0 Å². The Morgan fingerprint density at radius 2 is 1.76 bits per heavy atom. The largest absolute Gasteiger partial charge is 0.436 e.